The van der Waals surface area contributed by atoms with Gasteiger partial charge >= 0.3 is 0 Å². The molecular formula is C25H38. The molecule has 2 aromatic rings. The summed E-state index contributed by atoms with van der Waals surface area (Å²) in [6.07, 6.45) is 18.3. The average molecular weight is 339 g/mol. The average Bonchev–Trinajstić information content (AvgIpc) is 2.64. The summed E-state index contributed by atoms with van der Waals surface area (Å²) in [4.78, 5) is 0. The Labute approximate surface area is 156 Å². The van der Waals surface area contributed by atoms with Crippen molar-refractivity contribution in [3.63, 3.8) is 0 Å². The quantitative estimate of drug-likeness (QED) is 0.322. The van der Waals surface area contributed by atoms with E-state index in [1.807, 2.05) is 0 Å². The monoisotopic (exact) mass is 338 g/mol. The molecule has 25 heavy (non-hydrogen) atoms. The molecule has 0 amide bonds. The van der Waals surface area contributed by atoms with Crippen LogP contribution < -0.4 is 0 Å². The van der Waals surface area contributed by atoms with E-state index in [-0.39, 0.29) is 0 Å². The molecule has 0 aliphatic rings. The molecule has 138 valence electrons. The van der Waals surface area contributed by atoms with Crippen molar-refractivity contribution in [2.24, 2.45) is 0 Å². The van der Waals surface area contributed by atoms with Gasteiger partial charge in [0, 0.05) is 0 Å². The zero-order valence-electron chi connectivity index (χ0n) is 16.7. The van der Waals surface area contributed by atoms with Gasteiger partial charge in [0.15, 0.2) is 0 Å². The van der Waals surface area contributed by atoms with Crippen LogP contribution in [0.5, 0.6) is 0 Å². The molecule has 2 aromatic carbocycles. The third-order valence-corrected chi connectivity index (χ3v) is 5.56. The van der Waals surface area contributed by atoms with Gasteiger partial charge in [0.05, 0.1) is 0 Å². The Kier molecular flexibility index (Phi) is 9.70. The van der Waals surface area contributed by atoms with Crippen LogP contribution >= 0.6 is 0 Å². The van der Waals surface area contributed by atoms with Crippen LogP contribution in [0.15, 0.2) is 36.4 Å². The molecule has 0 nitrogen and oxygen atoms in total. The maximum atomic E-state index is 2.29. The highest BCUT2D eigenvalue weighted by atomic mass is 14.1. The first kappa shape index (κ1) is 20.0. The minimum Gasteiger partial charge on any atom is -0.0654 e. The van der Waals surface area contributed by atoms with Crippen molar-refractivity contribution >= 4 is 10.8 Å². The lowest BCUT2D eigenvalue weighted by Crippen LogP contribution is -1.92. The van der Waals surface area contributed by atoms with Crippen molar-refractivity contribution in [2.75, 3.05) is 0 Å². The van der Waals surface area contributed by atoms with Gasteiger partial charge in [-0.3, -0.25) is 0 Å². The van der Waals surface area contributed by atoms with Gasteiger partial charge in [0.25, 0.3) is 0 Å². The fourth-order valence-corrected chi connectivity index (χ4v) is 3.92. The third kappa shape index (κ3) is 7.22. The second-order valence-electron chi connectivity index (χ2n) is 7.72. The second kappa shape index (κ2) is 12.1. The summed E-state index contributed by atoms with van der Waals surface area (Å²) in [7, 11) is 0. The molecule has 0 radical (unpaired) electrons. The number of hydrogen-bond acceptors (Lipinski definition) is 0. The van der Waals surface area contributed by atoms with E-state index in [0.29, 0.717) is 0 Å². The molecule has 0 heterocycles. The number of aryl methyl sites for hydroxylation is 2. The largest absolute Gasteiger partial charge is 0.0654 e. The van der Waals surface area contributed by atoms with Gasteiger partial charge in [0.2, 0.25) is 0 Å². The highest BCUT2D eigenvalue weighted by Crippen LogP contribution is 2.24. The minimum atomic E-state index is 1.24. The van der Waals surface area contributed by atoms with Crippen molar-refractivity contribution in [2.45, 2.75) is 97.3 Å². The van der Waals surface area contributed by atoms with E-state index in [1.165, 1.54) is 99.8 Å². The maximum Gasteiger partial charge on any atom is -0.0149 e. The van der Waals surface area contributed by atoms with Crippen molar-refractivity contribution < 1.29 is 0 Å². The molecule has 0 spiro atoms. The van der Waals surface area contributed by atoms with Gasteiger partial charge in [-0.05, 0) is 41.7 Å². The lowest BCUT2D eigenvalue weighted by molar-refractivity contribution is 0.544. The summed E-state index contributed by atoms with van der Waals surface area (Å²) < 4.78 is 0. The Morgan fingerprint density at radius 3 is 1.80 bits per heavy atom. The first-order valence-corrected chi connectivity index (χ1v) is 10.8. The third-order valence-electron chi connectivity index (χ3n) is 5.56. The minimum absolute atomic E-state index is 1.24. The maximum absolute atomic E-state index is 2.29. The molecule has 0 N–H and O–H groups in total. The van der Waals surface area contributed by atoms with Crippen LogP contribution in [-0.2, 0) is 6.42 Å². The number of hydrogen-bond donors (Lipinski definition) is 0. The van der Waals surface area contributed by atoms with Gasteiger partial charge in [-0.25, -0.2) is 0 Å². The standard InChI is InChI=1S/C25H38/c1-3-4-5-6-7-8-9-10-11-12-13-14-18-24-22(2)20-21-23-17-15-16-19-25(23)24/h15-17,19-21H,3-14,18H2,1-2H3. The molecule has 0 unspecified atom stereocenters. The smallest absolute Gasteiger partial charge is 0.0149 e. The van der Waals surface area contributed by atoms with Crippen molar-refractivity contribution in [1.29, 1.82) is 0 Å². The molecule has 2 rings (SSSR count). The number of fused-ring (bicyclic) bond motifs is 1. The molecule has 0 bridgehead atoms. The fraction of sp³-hybridized carbons (Fsp3) is 0.600. The molecule has 0 heteroatoms. The summed E-state index contributed by atoms with van der Waals surface area (Å²) in [5, 5.41) is 2.85. The summed E-state index contributed by atoms with van der Waals surface area (Å²) >= 11 is 0. The summed E-state index contributed by atoms with van der Waals surface area (Å²) in [5.41, 5.74) is 3.03. The van der Waals surface area contributed by atoms with E-state index in [9.17, 15) is 0 Å². The van der Waals surface area contributed by atoms with Crippen LogP contribution in [0.2, 0.25) is 0 Å². The van der Waals surface area contributed by atoms with Gasteiger partial charge < -0.3 is 0 Å². The van der Waals surface area contributed by atoms with Crippen molar-refractivity contribution in [3.05, 3.63) is 47.5 Å². The highest BCUT2D eigenvalue weighted by Gasteiger charge is 2.04. The van der Waals surface area contributed by atoms with Gasteiger partial charge in [-0.15, -0.1) is 0 Å². The molecular weight excluding hydrogens is 300 g/mol. The van der Waals surface area contributed by atoms with Crippen LogP contribution in [0, 0.1) is 6.92 Å². The molecule has 0 fully saturated rings. The van der Waals surface area contributed by atoms with E-state index in [2.05, 4.69) is 50.2 Å². The summed E-state index contributed by atoms with van der Waals surface area (Å²) in [5.74, 6) is 0. The lowest BCUT2D eigenvalue weighted by Gasteiger charge is -2.10. The van der Waals surface area contributed by atoms with E-state index in [4.69, 9.17) is 0 Å². The molecule has 0 aromatic heterocycles. The predicted molar refractivity (Wildman–Crippen MR) is 113 cm³/mol. The van der Waals surface area contributed by atoms with E-state index in [1.54, 1.807) is 5.56 Å². The van der Waals surface area contributed by atoms with E-state index < -0.39 is 0 Å². The first-order chi connectivity index (χ1) is 12.3. The summed E-state index contributed by atoms with van der Waals surface area (Å²) in [6, 6.07) is 13.4. The summed E-state index contributed by atoms with van der Waals surface area (Å²) in [6.45, 7) is 4.56. The van der Waals surface area contributed by atoms with Gasteiger partial charge in [-0.1, -0.05) is 114 Å². The van der Waals surface area contributed by atoms with Crippen LogP contribution in [0.4, 0.5) is 0 Å². The number of unbranched alkanes of at least 4 members (excludes halogenated alkanes) is 11. The number of benzene rings is 2. The Balaban J connectivity index is 1.56. The molecule has 0 saturated carbocycles. The zero-order chi connectivity index (χ0) is 17.7. The number of rotatable bonds is 13. The Morgan fingerprint density at radius 1 is 0.600 bits per heavy atom. The predicted octanol–water partition coefficient (Wildman–Crippen LogP) is 8.39. The van der Waals surface area contributed by atoms with Crippen LogP contribution in [0.3, 0.4) is 0 Å². The fourth-order valence-electron chi connectivity index (χ4n) is 3.92. The van der Waals surface area contributed by atoms with E-state index >= 15 is 0 Å². The van der Waals surface area contributed by atoms with Crippen molar-refractivity contribution in [1.82, 2.24) is 0 Å². The molecule has 0 aliphatic heterocycles. The molecule has 0 aliphatic carbocycles. The van der Waals surface area contributed by atoms with Gasteiger partial charge in [0.1, 0.15) is 0 Å². The SMILES string of the molecule is CCCCCCCCCCCCCCc1c(C)ccc2ccccc12. The van der Waals surface area contributed by atoms with Crippen LogP contribution in [-0.4, -0.2) is 0 Å². The second-order valence-corrected chi connectivity index (χ2v) is 7.72. The van der Waals surface area contributed by atoms with E-state index in [0.717, 1.165) is 0 Å². The lowest BCUT2D eigenvalue weighted by atomic mass is 9.95. The van der Waals surface area contributed by atoms with Gasteiger partial charge in [-0.2, -0.15) is 0 Å². The molecule has 0 atom stereocenters. The zero-order valence-corrected chi connectivity index (χ0v) is 16.7. The molecule has 0 saturated heterocycles. The first-order valence-electron chi connectivity index (χ1n) is 10.8. The normalized spacial score (nSPS) is 11.3. The Morgan fingerprint density at radius 2 is 1.16 bits per heavy atom. The Bertz CT molecular complexity index is 596. The topological polar surface area (TPSA) is 0 Å². The van der Waals surface area contributed by atoms with Crippen LogP contribution in [0.1, 0.15) is 95.1 Å². The Hall–Kier alpha value is -1.30. The van der Waals surface area contributed by atoms with Crippen LogP contribution in [0.25, 0.3) is 10.8 Å². The highest BCUT2D eigenvalue weighted by molar-refractivity contribution is 5.86. The van der Waals surface area contributed by atoms with Crippen molar-refractivity contribution in [3.8, 4) is 0 Å².